The maximum absolute atomic E-state index is 10.7. The number of benzene rings is 1. The van der Waals surface area contributed by atoms with Crippen molar-refractivity contribution in [2.75, 3.05) is 6.54 Å². The van der Waals surface area contributed by atoms with Gasteiger partial charge in [-0.1, -0.05) is 43.2 Å². The maximum Gasteiger partial charge on any atom is 0.269 e. The molecule has 1 aliphatic heterocycles. The molecule has 1 aromatic rings. The van der Waals surface area contributed by atoms with Gasteiger partial charge in [-0.2, -0.15) is 0 Å². The van der Waals surface area contributed by atoms with E-state index in [0.29, 0.717) is 6.04 Å². The smallest absolute Gasteiger partial charge is 0.269 e. The molecule has 0 unspecified atom stereocenters. The van der Waals surface area contributed by atoms with E-state index in [1.165, 1.54) is 32.1 Å². The van der Waals surface area contributed by atoms with Gasteiger partial charge in [-0.05, 0) is 18.4 Å². The largest absolute Gasteiger partial charge is 0.362 e. The number of nitro benzene ring substituents is 1. The minimum atomic E-state index is -0.363. The van der Waals surface area contributed by atoms with Crippen molar-refractivity contribution in [2.24, 2.45) is 4.99 Å². The maximum atomic E-state index is 10.7. The predicted molar refractivity (Wildman–Crippen MR) is 85.7 cm³/mol. The highest BCUT2D eigenvalue weighted by molar-refractivity contribution is 8.14. The molecular weight excluding hydrogens is 286 g/mol. The van der Waals surface area contributed by atoms with E-state index in [-0.39, 0.29) is 15.9 Å². The number of nitrogens with zero attached hydrogens (tertiary/aromatic N) is 2. The summed E-state index contributed by atoms with van der Waals surface area (Å²) in [6.07, 6.45) is 6.44. The lowest BCUT2D eigenvalue weighted by Crippen LogP contribution is -2.33. The molecule has 0 aromatic heterocycles. The number of rotatable bonds is 3. The van der Waals surface area contributed by atoms with Crippen molar-refractivity contribution in [1.82, 2.24) is 5.32 Å². The molecule has 1 atom stereocenters. The number of aliphatic imine (C=N–C) groups is 1. The highest BCUT2D eigenvalue weighted by Gasteiger charge is 2.24. The fraction of sp³-hybridized carbons (Fsp3) is 0.533. The molecule has 1 aromatic carbocycles. The molecule has 21 heavy (non-hydrogen) atoms. The summed E-state index contributed by atoms with van der Waals surface area (Å²) in [4.78, 5) is 14.9. The monoisotopic (exact) mass is 305 g/mol. The molecule has 3 rings (SSSR count). The van der Waals surface area contributed by atoms with Crippen molar-refractivity contribution < 1.29 is 4.92 Å². The topological polar surface area (TPSA) is 67.5 Å². The normalized spacial score (nSPS) is 22.9. The molecule has 5 nitrogen and oxygen atoms in total. The molecule has 112 valence electrons. The summed E-state index contributed by atoms with van der Waals surface area (Å²) in [6.45, 7) is 0.748. The summed E-state index contributed by atoms with van der Waals surface area (Å²) in [5.74, 6) is 0. The van der Waals surface area contributed by atoms with Crippen LogP contribution < -0.4 is 5.32 Å². The minimum Gasteiger partial charge on any atom is -0.362 e. The third-order valence-electron chi connectivity index (χ3n) is 4.06. The quantitative estimate of drug-likeness (QED) is 0.683. The third-order valence-corrected chi connectivity index (χ3v) is 5.24. The Balaban J connectivity index is 1.56. The van der Waals surface area contributed by atoms with E-state index < -0.39 is 0 Å². The Morgan fingerprint density at radius 3 is 2.57 bits per heavy atom. The van der Waals surface area contributed by atoms with E-state index in [2.05, 4.69) is 10.3 Å². The van der Waals surface area contributed by atoms with Crippen LogP contribution in [0.25, 0.3) is 0 Å². The number of hydrogen-bond donors (Lipinski definition) is 1. The summed E-state index contributed by atoms with van der Waals surface area (Å²) in [5.41, 5.74) is 1.25. The molecule has 1 heterocycles. The van der Waals surface area contributed by atoms with E-state index in [9.17, 15) is 10.1 Å². The van der Waals surface area contributed by atoms with Gasteiger partial charge in [0.15, 0.2) is 5.17 Å². The van der Waals surface area contributed by atoms with Crippen LogP contribution in [-0.2, 0) is 0 Å². The second kappa shape index (κ2) is 6.47. The van der Waals surface area contributed by atoms with Crippen molar-refractivity contribution >= 4 is 22.6 Å². The summed E-state index contributed by atoms with van der Waals surface area (Å²) in [6, 6.07) is 7.40. The fourth-order valence-corrected chi connectivity index (χ4v) is 3.96. The predicted octanol–water partition coefficient (Wildman–Crippen LogP) is 3.66. The second-order valence-electron chi connectivity index (χ2n) is 5.58. The lowest BCUT2D eigenvalue weighted by molar-refractivity contribution is -0.384. The molecule has 1 fully saturated rings. The number of thioether (sulfide) groups is 1. The zero-order valence-electron chi connectivity index (χ0n) is 11.8. The van der Waals surface area contributed by atoms with Crippen molar-refractivity contribution in [3.8, 4) is 0 Å². The summed E-state index contributed by atoms with van der Waals surface area (Å²) in [5, 5.41) is 15.5. The molecule has 2 aliphatic rings. The molecule has 0 spiro atoms. The first-order chi connectivity index (χ1) is 10.2. The van der Waals surface area contributed by atoms with Crippen molar-refractivity contribution in [3.63, 3.8) is 0 Å². The number of amidine groups is 1. The third kappa shape index (κ3) is 3.56. The van der Waals surface area contributed by atoms with Crippen LogP contribution in [0.1, 0.15) is 42.9 Å². The van der Waals surface area contributed by atoms with E-state index in [1.807, 2.05) is 12.1 Å². The molecule has 0 radical (unpaired) electrons. The molecule has 0 saturated heterocycles. The number of non-ortho nitro benzene ring substituents is 1. The van der Waals surface area contributed by atoms with E-state index in [0.717, 1.165) is 17.3 Å². The van der Waals surface area contributed by atoms with Crippen molar-refractivity contribution in [2.45, 2.75) is 43.4 Å². The number of hydrogen-bond acceptors (Lipinski definition) is 5. The lowest BCUT2D eigenvalue weighted by Gasteiger charge is -2.23. The van der Waals surface area contributed by atoms with Gasteiger partial charge in [0.05, 0.1) is 16.7 Å². The van der Waals surface area contributed by atoms with Crippen LogP contribution in [0, 0.1) is 10.1 Å². The first kappa shape index (κ1) is 14.4. The van der Waals surface area contributed by atoms with Crippen LogP contribution in [0.2, 0.25) is 0 Å². The van der Waals surface area contributed by atoms with Crippen LogP contribution in [0.5, 0.6) is 0 Å². The first-order valence-corrected chi connectivity index (χ1v) is 8.32. The molecule has 1 saturated carbocycles. The Hall–Kier alpha value is -1.56. The van der Waals surface area contributed by atoms with E-state index in [4.69, 9.17) is 0 Å². The van der Waals surface area contributed by atoms with E-state index in [1.54, 1.807) is 23.9 Å². The van der Waals surface area contributed by atoms with Gasteiger partial charge in [0, 0.05) is 18.2 Å². The lowest BCUT2D eigenvalue weighted by atomic mass is 9.96. The number of nitro groups is 1. The zero-order chi connectivity index (χ0) is 14.7. The van der Waals surface area contributed by atoms with Crippen LogP contribution in [0.4, 0.5) is 5.69 Å². The van der Waals surface area contributed by atoms with Gasteiger partial charge >= 0.3 is 0 Å². The molecule has 6 heteroatoms. The van der Waals surface area contributed by atoms with Gasteiger partial charge in [0.25, 0.3) is 5.69 Å². The Morgan fingerprint density at radius 2 is 1.90 bits per heavy atom. The van der Waals surface area contributed by atoms with Gasteiger partial charge in [0.2, 0.25) is 0 Å². The summed E-state index contributed by atoms with van der Waals surface area (Å²) >= 11 is 1.74. The highest BCUT2D eigenvalue weighted by atomic mass is 32.2. The Kier molecular flexibility index (Phi) is 4.43. The van der Waals surface area contributed by atoms with Crippen LogP contribution in [0.3, 0.4) is 0 Å². The van der Waals surface area contributed by atoms with Crippen LogP contribution >= 0.6 is 11.8 Å². The molecule has 0 amide bonds. The average Bonchev–Trinajstić information content (AvgIpc) is 2.97. The second-order valence-corrected chi connectivity index (χ2v) is 6.77. The average molecular weight is 305 g/mol. The van der Waals surface area contributed by atoms with Crippen molar-refractivity contribution in [1.29, 1.82) is 0 Å². The Labute approximate surface area is 128 Å². The summed E-state index contributed by atoms with van der Waals surface area (Å²) < 4.78 is 0. The summed E-state index contributed by atoms with van der Waals surface area (Å²) in [7, 11) is 0. The molecule has 0 bridgehead atoms. The highest BCUT2D eigenvalue weighted by Crippen LogP contribution is 2.35. The van der Waals surface area contributed by atoms with Crippen LogP contribution in [-0.4, -0.2) is 22.7 Å². The van der Waals surface area contributed by atoms with Crippen molar-refractivity contribution in [3.05, 3.63) is 39.9 Å². The molecular formula is C15H19N3O2S. The minimum absolute atomic E-state index is 0.142. The molecule has 1 aliphatic carbocycles. The van der Waals surface area contributed by atoms with Gasteiger partial charge in [0.1, 0.15) is 0 Å². The zero-order valence-corrected chi connectivity index (χ0v) is 12.6. The first-order valence-electron chi connectivity index (χ1n) is 7.44. The van der Waals surface area contributed by atoms with Gasteiger partial charge in [-0.3, -0.25) is 15.1 Å². The SMILES string of the molecule is O=[N+]([O-])c1ccc([C@@H]2CN=C(NC3CCCCC3)S2)cc1. The van der Waals surface area contributed by atoms with Crippen LogP contribution in [0.15, 0.2) is 29.3 Å². The molecule has 1 N–H and O–H groups in total. The Bertz CT molecular complexity index is 538. The Morgan fingerprint density at radius 1 is 1.19 bits per heavy atom. The van der Waals surface area contributed by atoms with Gasteiger partial charge < -0.3 is 5.32 Å². The number of nitrogens with one attached hydrogen (secondary N) is 1. The van der Waals surface area contributed by atoms with Gasteiger partial charge in [-0.15, -0.1) is 0 Å². The van der Waals surface area contributed by atoms with Gasteiger partial charge in [-0.25, -0.2) is 0 Å². The fourth-order valence-electron chi connectivity index (χ4n) is 2.86. The standard InChI is InChI=1S/C15H19N3O2S/c19-18(20)13-8-6-11(7-9-13)14-10-16-15(21-14)17-12-4-2-1-3-5-12/h6-9,12,14H,1-5,10H2,(H,16,17)/t14-/m0/s1. The van der Waals surface area contributed by atoms with E-state index >= 15 is 0 Å².